The minimum absolute atomic E-state index is 0.0875. The van der Waals surface area contributed by atoms with Crippen LogP contribution < -0.4 is 11.0 Å². The Morgan fingerprint density at radius 2 is 1.87 bits per heavy atom. The van der Waals surface area contributed by atoms with Crippen LogP contribution in [-0.2, 0) is 0 Å². The first kappa shape index (κ1) is 15.1. The van der Waals surface area contributed by atoms with Crippen LogP contribution in [0.4, 0.5) is 5.69 Å². The lowest BCUT2D eigenvalue weighted by Crippen LogP contribution is -2.16. The maximum Gasteiger partial charge on any atom is 0.348 e. The Kier molecular flexibility index (Phi) is 3.99. The Morgan fingerprint density at radius 3 is 2.57 bits per heavy atom. The third-order valence-corrected chi connectivity index (χ3v) is 3.56. The molecule has 1 heterocycles. The minimum atomic E-state index is -0.541. The molecule has 0 unspecified atom stereocenters. The molecule has 23 heavy (non-hydrogen) atoms. The number of nitrogens with zero attached hydrogens (tertiary/aromatic N) is 2. The molecule has 3 aromatic rings. The molecular weight excluding hydrogens is 316 g/mol. The fourth-order valence-corrected chi connectivity index (χ4v) is 2.21. The van der Waals surface area contributed by atoms with Crippen molar-refractivity contribution in [1.29, 1.82) is 0 Å². The lowest BCUT2D eigenvalue weighted by Gasteiger charge is -2.04. The SMILES string of the molecule is Cc1ccc(-n2nc(C(=O)Nc3ccccc3Cl)[nH]c2=O)cc1. The Bertz CT molecular complexity index is 912. The molecule has 0 radical (unpaired) electrons. The fourth-order valence-electron chi connectivity index (χ4n) is 2.03. The van der Waals surface area contributed by atoms with Gasteiger partial charge in [-0.15, -0.1) is 5.10 Å². The summed E-state index contributed by atoms with van der Waals surface area (Å²) in [5.74, 6) is -0.628. The van der Waals surface area contributed by atoms with Gasteiger partial charge in [0.2, 0.25) is 5.82 Å². The first-order chi connectivity index (χ1) is 11.0. The van der Waals surface area contributed by atoms with E-state index in [0.717, 1.165) is 10.2 Å². The summed E-state index contributed by atoms with van der Waals surface area (Å²) >= 11 is 5.99. The molecule has 3 rings (SSSR count). The second-order valence-corrected chi connectivity index (χ2v) is 5.37. The second kappa shape index (κ2) is 6.10. The van der Waals surface area contributed by atoms with Crippen molar-refractivity contribution >= 4 is 23.2 Å². The molecule has 0 atom stereocenters. The molecule has 7 heteroatoms. The number of rotatable bonds is 3. The van der Waals surface area contributed by atoms with Gasteiger partial charge in [-0.2, -0.15) is 4.68 Å². The number of para-hydroxylation sites is 1. The van der Waals surface area contributed by atoms with Gasteiger partial charge in [0.25, 0.3) is 5.91 Å². The van der Waals surface area contributed by atoms with Gasteiger partial charge < -0.3 is 5.32 Å². The van der Waals surface area contributed by atoms with Crippen LogP contribution in [0.1, 0.15) is 16.2 Å². The molecule has 0 aliphatic carbocycles. The lowest BCUT2D eigenvalue weighted by molar-refractivity contribution is 0.101. The van der Waals surface area contributed by atoms with Gasteiger partial charge in [-0.3, -0.25) is 9.78 Å². The van der Waals surface area contributed by atoms with Crippen LogP contribution in [0.25, 0.3) is 5.69 Å². The van der Waals surface area contributed by atoms with Crippen molar-refractivity contribution in [3.63, 3.8) is 0 Å². The Hall–Kier alpha value is -2.86. The van der Waals surface area contributed by atoms with Crippen molar-refractivity contribution in [3.8, 4) is 5.69 Å². The zero-order chi connectivity index (χ0) is 16.4. The molecule has 1 aromatic heterocycles. The third-order valence-electron chi connectivity index (χ3n) is 3.23. The first-order valence-electron chi connectivity index (χ1n) is 6.87. The number of H-pyrrole nitrogens is 1. The monoisotopic (exact) mass is 328 g/mol. The summed E-state index contributed by atoms with van der Waals surface area (Å²) in [5, 5.41) is 7.04. The van der Waals surface area contributed by atoms with Crippen LogP contribution in [0.3, 0.4) is 0 Å². The normalized spacial score (nSPS) is 10.5. The van der Waals surface area contributed by atoms with Crippen molar-refractivity contribution in [1.82, 2.24) is 14.8 Å². The van der Waals surface area contributed by atoms with E-state index in [4.69, 9.17) is 11.6 Å². The summed E-state index contributed by atoms with van der Waals surface area (Å²) in [5.41, 5.74) is 1.60. The number of aromatic amines is 1. The molecule has 6 nitrogen and oxygen atoms in total. The molecule has 0 saturated heterocycles. The number of hydrogen-bond acceptors (Lipinski definition) is 3. The summed E-state index contributed by atoms with van der Waals surface area (Å²) in [6, 6.07) is 14.1. The van der Waals surface area contributed by atoms with Gasteiger partial charge in [-0.1, -0.05) is 41.4 Å². The molecule has 116 valence electrons. The zero-order valence-electron chi connectivity index (χ0n) is 12.2. The third kappa shape index (κ3) is 3.17. The predicted molar refractivity (Wildman–Crippen MR) is 88.3 cm³/mol. The molecule has 1 amide bonds. The van der Waals surface area contributed by atoms with Gasteiger partial charge in [0.05, 0.1) is 16.4 Å². The molecule has 0 aliphatic heterocycles. The van der Waals surface area contributed by atoms with E-state index in [9.17, 15) is 9.59 Å². The van der Waals surface area contributed by atoms with Gasteiger partial charge in [-0.25, -0.2) is 4.79 Å². The maximum atomic E-state index is 12.2. The van der Waals surface area contributed by atoms with Crippen LogP contribution >= 0.6 is 11.6 Å². The van der Waals surface area contributed by atoms with Crippen molar-refractivity contribution < 1.29 is 4.79 Å². The summed E-state index contributed by atoms with van der Waals surface area (Å²) in [6.07, 6.45) is 0. The average Bonchev–Trinajstić information content (AvgIpc) is 2.92. The number of anilines is 1. The maximum absolute atomic E-state index is 12.2. The molecular formula is C16H13ClN4O2. The number of hydrogen-bond donors (Lipinski definition) is 2. The first-order valence-corrected chi connectivity index (χ1v) is 7.24. The Labute approximate surface area is 136 Å². The topological polar surface area (TPSA) is 79.8 Å². The van der Waals surface area contributed by atoms with E-state index in [0.29, 0.717) is 16.4 Å². The Morgan fingerprint density at radius 1 is 1.17 bits per heavy atom. The molecule has 2 N–H and O–H groups in total. The highest BCUT2D eigenvalue weighted by Gasteiger charge is 2.15. The number of aromatic nitrogens is 3. The smallest absolute Gasteiger partial charge is 0.318 e. The van der Waals surface area contributed by atoms with Crippen LogP contribution in [0, 0.1) is 6.92 Å². The van der Waals surface area contributed by atoms with Crippen LogP contribution in [0.2, 0.25) is 5.02 Å². The number of carbonyl (C=O) groups excluding carboxylic acids is 1. The number of halogens is 1. The summed E-state index contributed by atoms with van der Waals surface area (Å²) in [4.78, 5) is 26.6. The zero-order valence-corrected chi connectivity index (χ0v) is 13.0. The minimum Gasteiger partial charge on any atom is -0.318 e. The molecule has 0 bridgehead atoms. The standard InChI is InChI=1S/C16H13ClN4O2/c1-10-6-8-11(9-7-10)21-16(23)19-14(20-21)15(22)18-13-5-3-2-4-12(13)17/h2-9H,1H3,(H,18,22)(H,19,20,23). The summed E-state index contributed by atoms with van der Waals surface area (Å²) in [6.45, 7) is 1.94. The molecule has 0 spiro atoms. The van der Waals surface area contributed by atoms with Crippen LogP contribution in [-0.4, -0.2) is 20.7 Å². The van der Waals surface area contributed by atoms with E-state index in [1.54, 1.807) is 36.4 Å². The van der Waals surface area contributed by atoms with E-state index in [-0.39, 0.29) is 5.82 Å². The van der Waals surface area contributed by atoms with E-state index < -0.39 is 11.6 Å². The van der Waals surface area contributed by atoms with Crippen LogP contribution in [0.15, 0.2) is 53.3 Å². The van der Waals surface area contributed by atoms with Gasteiger partial charge in [-0.05, 0) is 31.2 Å². The quantitative estimate of drug-likeness (QED) is 0.776. The largest absolute Gasteiger partial charge is 0.348 e. The highest BCUT2D eigenvalue weighted by atomic mass is 35.5. The van der Waals surface area contributed by atoms with E-state index >= 15 is 0 Å². The molecule has 0 fully saturated rings. The van der Waals surface area contributed by atoms with Crippen molar-refractivity contribution in [2.45, 2.75) is 6.92 Å². The van der Waals surface area contributed by atoms with Crippen molar-refractivity contribution in [3.05, 3.63) is 75.4 Å². The van der Waals surface area contributed by atoms with Crippen molar-refractivity contribution in [2.24, 2.45) is 0 Å². The highest BCUT2D eigenvalue weighted by Crippen LogP contribution is 2.20. The van der Waals surface area contributed by atoms with Gasteiger partial charge in [0.15, 0.2) is 0 Å². The summed E-state index contributed by atoms with van der Waals surface area (Å²) in [7, 11) is 0. The van der Waals surface area contributed by atoms with Crippen molar-refractivity contribution in [2.75, 3.05) is 5.32 Å². The fraction of sp³-hybridized carbons (Fsp3) is 0.0625. The average molecular weight is 329 g/mol. The predicted octanol–water partition coefficient (Wildman–Crippen LogP) is 2.77. The van der Waals surface area contributed by atoms with E-state index in [2.05, 4.69) is 15.4 Å². The van der Waals surface area contributed by atoms with Gasteiger partial charge >= 0.3 is 5.69 Å². The van der Waals surface area contributed by atoms with Gasteiger partial charge in [0, 0.05) is 0 Å². The molecule has 0 saturated carbocycles. The number of amides is 1. The number of nitrogens with one attached hydrogen (secondary N) is 2. The molecule has 2 aromatic carbocycles. The number of aryl methyl sites for hydroxylation is 1. The highest BCUT2D eigenvalue weighted by molar-refractivity contribution is 6.33. The second-order valence-electron chi connectivity index (χ2n) is 4.96. The summed E-state index contributed by atoms with van der Waals surface area (Å²) < 4.78 is 1.14. The number of benzene rings is 2. The van der Waals surface area contributed by atoms with E-state index in [1.807, 2.05) is 19.1 Å². The van der Waals surface area contributed by atoms with Crippen LogP contribution in [0.5, 0.6) is 0 Å². The molecule has 0 aliphatic rings. The van der Waals surface area contributed by atoms with E-state index in [1.165, 1.54) is 0 Å². The Balaban J connectivity index is 1.88. The number of carbonyl (C=O) groups is 1. The van der Waals surface area contributed by atoms with Gasteiger partial charge in [0.1, 0.15) is 0 Å². The lowest BCUT2D eigenvalue weighted by atomic mass is 10.2.